The number of carbonyl (C=O) groups is 1. The van der Waals surface area contributed by atoms with E-state index >= 15 is 0 Å². The molecule has 0 fully saturated rings. The SMILES string of the molecule is COCCN(C=O)C(c1cccc(C)c1)=c1c(=C(C)C)[nH]n(-c2ccccc2Cl)c1=O. The zero-order chi connectivity index (χ0) is 22.5. The van der Waals surface area contributed by atoms with Gasteiger partial charge in [-0.2, -0.15) is 0 Å². The summed E-state index contributed by atoms with van der Waals surface area (Å²) in [5.41, 5.74) is 3.48. The number of ether oxygens (including phenoxy) is 1. The van der Waals surface area contributed by atoms with Gasteiger partial charge in [0.25, 0.3) is 5.56 Å². The first-order valence-electron chi connectivity index (χ1n) is 9.94. The summed E-state index contributed by atoms with van der Waals surface area (Å²) in [6.45, 7) is 6.45. The number of methoxy groups -OCH3 is 1. The monoisotopic (exact) mass is 439 g/mol. The minimum atomic E-state index is -0.287. The molecule has 0 unspecified atom stereocenters. The van der Waals surface area contributed by atoms with Gasteiger partial charge in [-0.05, 0) is 44.5 Å². The topological polar surface area (TPSA) is 67.3 Å². The molecule has 0 saturated carbocycles. The highest BCUT2D eigenvalue weighted by molar-refractivity contribution is 6.32. The smallest absolute Gasteiger partial charge is 0.281 e. The predicted octanol–water partition coefficient (Wildman–Crippen LogP) is 2.58. The van der Waals surface area contributed by atoms with E-state index in [1.54, 1.807) is 19.2 Å². The molecule has 0 radical (unpaired) electrons. The van der Waals surface area contributed by atoms with Crippen LogP contribution in [0.5, 0.6) is 0 Å². The molecule has 31 heavy (non-hydrogen) atoms. The number of nitrogens with zero attached hydrogens (tertiary/aromatic N) is 2. The number of hydrogen-bond donors (Lipinski definition) is 1. The molecule has 1 N–H and O–H groups in total. The van der Waals surface area contributed by atoms with Gasteiger partial charge in [0, 0.05) is 13.7 Å². The van der Waals surface area contributed by atoms with E-state index in [0.717, 1.165) is 23.1 Å². The van der Waals surface area contributed by atoms with Crippen LogP contribution in [0.4, 0.5) is 0 Å². The number of aromatic amines is 1. The molecular weight excluding hydrogens is 414 g/mol. The van der Waals surface area contributed by atoms with Crippen LogP contribution in [-0.2, 0) is 9.53 Å². The summed E-state index contributed by atoms with van der Waals surface area (Å²) in [5, 5.41) is 4.70. The number of para-hydroxylation sites is 1. The van der Waals surface area contributed by atoms with Crippen molar-refractivity contribution in [3.05, 3.63) is 85.6 Å². The summed E-state index contributed by atoms with van der Waals surface area (Å²) in [6.07, 6.45) is 0.734. The summed E-state index contributed by atoms with van der Waals surface area (Å²) in [7, 11) is 1.57. The van der Waals surface area contributed by atoms with Crippen molar-refractivity contribution in [3.63, 3.8) is 0 Å². The van der Waals surface area contributed by atoms with Crippen molar-refractivity contribution >= 4 is 29.3 Å². The third kappa shape index (κ3) is 4.65. The van der Waals surface area contributed by atoms with Crippen molar-refractivity contribution in [1.82, 2.24) is 14.7 Å². The van der Waals surface area contributed by atoms with Crippen LogP contribution < -0.4 is 16.1 Å². The van der Waals surface area contributed by atoms with Crippen molar-refractivity contribution in [2.24, 2.45) is 0 Å². The lowest BCUT2D eigenvalue weighted by Gasteiger charge is -2.21. The van der Waals surface area contributed by atoms with Crippen LogP contribution in [0.2, 0.25) is 5.02 Å². The van der Waals surface area contributed by atoms with E-state index in [9.17, 15) is 9.59 Å². The fraction of sp³-hybridized carbons (Fsp3) is 0.250. The lowest BCUT2D eigenvalue weighted by molar-refractivity contribution is -0.115. The Balaban J connectivity index is 2.50. The number of halogens is 1. The Labute approximate surface area is 186 Å². The van der Waals surface area contributed by atoms with Crippen LogP contribution in [0, 0.1) is 6.92 Å². The molecule has 3 rings (SSSR count). The molecule has 6 nitrogen and oxygen atoms in total. The van der Waals surface area contributed by atoms with Crippen molar-refractivity contribution in [3.8, 4) is 5.69 Å². The summed E-state index contributed by atoms with van der Waals surface area (Å²) < 4.78 is 6.62. The molecule has 0 bridgehead atoms. The standard InChI is InChI=1S/C24H26ClN3O3/c1-16(2)22-21(24(30)28(26-22)20-11-6-5-10-19(20)25)23(27(15-29)12-13-31-4)18-9-7-8-17(3)14-18/h5-11,14-15,26H,12-13H2,1-4H3. The highest BCUT2D eigenvalue weighted by atomic mass is 35.5. The summed E-state index contributed by atoms with van der Waals surface area (Å²) in [5.74, 6) is 0. The van der Waals surface area contributed by atoms with Gasteiger partial charge in [-0.1, -0.05) is 53.1 Å². The summed E-state index contributed by atoms with van der Waals surface area (Å²) >= 11 is 6.37. The van der Waals surface area contributed by atoms with Gasteiger partial charge in [0.1, 0.15) is 0 Å². The normalized spacial score (nSPS) is 11.9. The summed E-state index contributed by atoms with van der Waals surface area (Å²) in [4.78, 5) is 27.3. The third-order valence-corrected chi connectivity index (χ3v) is 5.28. The Kier molecular flexibility index (Phi) is 7.15. The highest BCUT2D eigenvalue weighted by Crippen LogP contribution is 2.18. The zero-order valence-corrected chi connectivity index (χ0v) is 18.9. The third-order valence-electron chi connectivity index (χ3n) is 4.96. The minimum absolute atomic E-state index is 0.287. The molecule has 1 amide bonds. The van der Waals surface area contributed by atoms with Crippen LogP contribution in [-0.4, -0.2) is 41.4 Å². The maximum absolute atomic E-state index is 13.7. The quantitative estimate of drug-likeness (QED) is 0.575. The second-order valence-corrected chi connectivity index (χ2v) is 7.87. The van der Waals surface area contributed by atoms with Crippen LogP contribution in [0.25, 0.3) is 17.0 Å². The average Bonchev–Trinajstić information content (AvgIpc) is 3.08. The van der Waals surface area contributed by atoms with Crippen LogP contribution in [0.3, 0.4) is 0 Å². The first-order chi connectivity index (χ1) is 14.9. The van der Waals surface area contributed by atoms with Gasteiger partial charge in [-0.25, -0.2) is 4.68 Å². The number of H-pyrrole nitrogens is 1. The second-order valence-electron chi connectivity index (χ2n) is 7.46. The molecule has 7 heteroatoms. The lowest BCUT2D eigenvalue weighted by Crippen LogP contribution is -2.43. The van der Waals surface area contributed by atoms with Crippen molar-refractivity contribution < 1.29 is 9.53 Å². The fourth-order valence-electron chi connectivity index (χ4n) is 3.47. The summed E-state index contributed by atoms with van der Waals surface area (Å²) in [6, 6.07) is 14.9. The first-order valence-corrected chi connectivity index (χ1v) is 10.3. The molecule has 1 heterocycles. The van der Waals surface area contributed by atoms with Crippen LogP contribution in [0.15, 0.2) is 53.3 Å². The van der Waals surface area contributed by atoms with E-state index in [-0.39, 0.29) is 5.56 Å². The van der Waals surface area contributed by atoms with Gasteiger partial charge in [0.05, 0.1) is 33.6 Å². The van der Waals surface area contributed by atoms with Gasteiger partial charge in [-0.15, -0.1) is 0 Å². The Bertz CT molecular complexity index is 1270. The number of aromatic nitrogens is 2. The Morgan fingerprint density at radius 3 is 2.55 bits per heavy atom. The minimum Gasteiger partial charge on any atom is -0.383 e. The molecule has 162 valence electrons. The van der Waals surface area contributed by atoms with E-state index in [4.69, 9.17) is 16.3 Å². The molecule has 0 saturated heterocycles. The number of amides is 1. The maximum Gasteiger partial charge on any atom is 0.281 e. The molecule has 0 aliphatic heterocycles. The Morgan fingerprint density at radius 1 is 1.19 bits per heavy atom. The van der Waals surface area contributed by atoms with Crippen LogP contribution >= 0.6 is 11.6 Å². The molecule has 2 aromatic carbocycles. The van der Waals surface area contributed by atoms with E-state index in [2.05, 4.69) is 5.10 Å². The lowest BCUT2D eigenvalue weighted by atomic mass is 10.1. The number of carbonyl (C=O) groups excluding carboxylic acids is 1. The van der Waals surface area contributed by atoms with Crippen molar-refractivity contribution in [1.29, 1.82) is 0 Å². The number of rotatable bonds is 7. The van der Waals surface area contributed by atoms with E-state index < -0.39 is 0 Å². The second kappa shape index (κ2) is 9.81. The van der Waals surface area contributed by atoms with Gasteiger partial charge in [0.2, 0.25) is 6.41 Å². The van der Waals surface area contributed by atoms with E-state index in [1.807, 2.05) is 57.2 Å². The van der Waals surface area contributed by atoms with Crippen LogP contribution in [0.1, 0.15) is 25.0 Å². The number of nitrogens with one attached hydrogen (secondary N) is 1. The van der Waals surface area contributed by atoms with Gasteiger partial charge < -0.3 is 9.64 Å². The molecule has 0 aliphatic rings. The number of benzene rings is 2. The zero-order valence-electron chi connectivity index (χ0n) is 18.1. The fourth-order valence-corrected chi connectivity index (χ4v) is 3.69. The predicted molar refractivity (Wildman–Crippen MR) is 124 cm³/mol. The molecule has 1 aromatic heterocycles. The number of aryl methyl sites for hydroxylation is 1. The first kappa shape index (κ1) is 22.6. The van der Waals surface area contributed by atoms with Crippen molar-refractivity contribution in [2.75, 3.05) is 20.3 Å². The molecular formula is C24H26ClN3O3. The highest BCUT2D eigenvalue weighted by Gasteiger charge is 2.19. The van der Waals surface area contributed by atoms with Gasteiger partial charge in [0.15, 0.2) is 0 Å². The van der Waals surface area contributed by atoms with Gasteiger partial charge >= 0.3 is 0 Å². The molecule has 0 atom stereocenters. The molecule has 0 spiro atoms. The Hall–Kier alpha value is -3.09. The number of hydrogen-bond acceptors (Lipinski definition) is 3. The van der Waals surface area contributed by atoms with Crippen molar-refractivity contribution in [2.45, 2.75) is 20.8 Å². The molecule has 0 aliphatic carbocycles. The van der Waals surface area contributed by atoms with E-state index in [1.165, 1.54) is 9.58 Å². The molecule has 3 aromatic rings. The Morgan fingerprint density at radius 2 is 1.94 bits per heavy atom. The van der Waals surface area contributed by atoms with Gasteiger partial charge in [-0.3, -0.25) is 14.7 Å². The largest absolute Gasteiger partial charge is 0.383 e. The average molecular weight is 440 g/mol. The van der Waals surface area contributed by atoms with E-state index in [0.29, 0.717) is 40.1 Å². The maximum atomic E-state index is 13.7.